The minimum atomic E-state index is -3.75. The molecular weight excluding hydrogens is 414 g/mol. The topological polar surface area (TPSA) is 88.1 Å². The molecule has 1 aromatic carbocycles. The molecule has 3 aliphatic heterocycles. The standard InChI is InChI=1S/C20H24ClN3O4S/c1-13-18(14-4-6-15(21)7-5-14)29(26,27)23-19(13)24-10-8-16(9-11-24)22-20(25)17-3-2-12-28-17/h4-7,16-17H,2-3,8-12H2,1H3,(H,22,25). The maximum atomic E-state index is 12.7. The Morgan fingerprint density at radius 1 is 1.21 bits per heavy atom. The third-order valence-electron chi connectivity index (χ3n) is 5.61. The van der Waals surface area contributed by atoms with E-state index in [-0.39, 0.29) is 23.0 Å². The van der Waals surface area contributed by atoms with Crippen molar-refractivity contribution in [2.75, 3.05) is 19.7 Å². The first-order chi connectivity index (χ1) is 13.8. The van der Waals surface area contributed by atoms with Gasteiger partial charge in [0.25, 0.3) is 10.0 Å². The number of hydrogen-bond donors (Lipinski definition) is 1. The van der Waals surface area contributed by atoms with E-state index in [1.807, 2.05) is 4.90 Å². The van der Waals surface area contributed by atoms with Crippen molar-refractivity contribution in [2.45, 2.75) is 44.8 Å². The Balaban J connectivity index is 1.44. The minimum absolute atomic E-state index is 0.0390. The van der Waals surface area contributed by atoms with Crippen LogP contribution < -0.4 is 5.32 Å². The molecule has 0 aromatic heterocycles. The fourth-order valence-corrected chi connectivity index (χ4v) is 5.71. The number of benzene rings is 1. The first-order valence-corrected chi connectivity index (χ1v) is 11.7. The number of nitrogens with one attached hydrogen (secondary N) is 1. The molecule has 2 fully saturated rings. The van der Waals surface area contributed by atoms with E-state index in [0.29, 0.717) is 41.7 Å². The van der Waals surface area contributed by atoms with Crippen molar-refractivity contribution in [3.63, 3.8) is 0 Å². The Morgan fingerprint density at radius 3 is 2.52 bits per heavy atom. The van der Waals surface area contributed by atoms with Gasteiger partial charge in [0.1, 0.15) is 16.8 Å². The number of rotatable bonds is 3. The van der Waals surface area contributed by atoms with E-state index in [2.05, 4.69) is 9.71 Å². The zero-order valence-corrected chi connectivity index (χ0v) is 17.8. The molecule has 156 valence electrons. The number of carbonyl (C=O) groups is 1. The van der Waals surface area contributed by atoms with Crippen LogP contribution in [0, 0.1) is 0 Å². The monoisotopic (exact) mass is 437 g/mol. The van der Waals surface area contributed by atoms with Crippen LogP contribution in [0.4, 0.5) is 0 Å². The van der Waals surface area contributed by atoms with E-state index < -0.39 is 10.0 Å². The Hall–Kier alpha value is -1.90. The van der Waals surface area contributed by atoms with Gasteiger partial charge in [-0.3, -0.25) is 4.79 Å². The maximum Gasteiger partial charge on any atom is 0.285 e. The highest BCUT2D eigenvalue weighted by molar-refractivity contribution is 8.00. The van der Waals surface area contributed by atoms with E-state index >= 15 is 0 Å². The molecule has 0 spiro atoms. The number of halogens is 1. The predicted octanol–water partition coefficient (Wildman–Crippen LogP) is 2.57. The lowest BCUT2D eigenvalue weighted by molar-refractivity contribution is -0.131. The van der Waals surface area contributed by atoms with Crippen LogP contribution in [0.15, 0.2) is 34.2 Å². The van der Waals surface area contributed by atoms with Crippen LogP contribution >= 0.6 is 11.6 Å². The van der Waals surface area contributed by atoms with Crippen LogP contribution in [0.3, 0.4) is 0 Å². The fraction of sp³-hybridized carbons (Fsp3) is 0.500. The Labute approximate surface area is 175 Å². The number of nitrogens with zero attached hydrogens (tertiary/aromatic N) is 2. The Kier molecular flexibility index (Phi) is 5.68. The summed E-state index contributed by atoms with van der Waals surface area (Å²) >= 11 is 5.93. The molecule has 4 rings (SSSR count). The number of ether oxygens (including phenoxy) is 1. The van der Waals surface area contributed by atoms with Crippen molar-refractivity contribution in [1.29, 1.82) is 0 Å². The summed E-state index contributed by atoms with van der Waals surface area (Å²) in [5, 5.41) is 3.62. The molecule has 1 amide bonds. The van der Waals surface area contributed by atoms with Gasteiger partial charge >= 0.3 is 0 Å². The van der Waals surface area contributed by atoms with Crippen LogP contribution in [0.1, 0.15) is 38.2 Å². The average molecular weight is 438 g/mol. The largest absolute Gasteiger partial charge is 0.368 e. The molecule has 3 heterocycles. The van der Waals surface area contributed by atoms with E-state index in [9.17, 15) is 13.2 Å². The summed E-state index contributed by atoms with van der Waals surface area (Å²) in [6.07, 6.45) is 2.84. The Morgan fingerprint density at radius 2 is 1.90 bits per heavy atom. The van der Waals surface area contributed by atoms with Crippen LogP contribution in [-0.4, -0.2) is 56.9 Å². The molecule has 1 atom stereocenters. The molecule has 1 aromatic rings. The summed E-state index contributed by atoms with van der Waals surface area (Å²) in [5.74, 6) is 0.460. The van der Waals surface area contributed by atoms with Crippen molar-refractivity contribution < 1.29 is 17.9 Å². The normalized spacial score (nSPS) is 24.7. The van der Waals surface area contributed by atoms with Gasteiger partial charge in [-0.15, -0.1) is 4.40 Å². The molecule has 3 aliphatic rings. The van der Waals surface area contributed by atoms with Crippen LogP contribution in [-0.2, 0) is 19.6 Å². The zero-order chi connectivity index (χ0) is 20.6. The lowest BCUT2D eigenvalue weighted by atomic mass is 10.0. The van der Waals surface area contributed by atoms with Gasteiger partial charge in [-0.05, 0) is 50.3 Å². The van der Waals surface area contributed by atoms with Gasteiger partial charge in [-0.1, -0.05) is 23.7 Å². The van der Waals surface area contributed by atoms with Crippen molar-refractivity contribution in [2.24, 2.45) is 4.40 Å². The summed E-state index contributed by atoms with van der Waals surface area (Å²) < 4.78 is 34.9. The summed E-state index contributed by atoms with van der Waals surface area (Å²) in [6.45, 7) is 3.71. The number of likely N-dealkylation sites (tertiary alicyclic amines) is 1. The third kappa shape index (κ3) is 4.20. The van der Waals surface area contributed by atoms with Crippen molar-refractivity contribution in [3.8, 4) is 0 Å². The maximum absolute atomic E-state index is 12.7. The first kappa shape index (κ1) is 20.4. The summed E-state index contributed by atoms with van der Waals surface area (Å²) in [6, 6.07) is 6.81. The molecule has 0 bridgehead atoms. The smallest absolute Gasteiger partial charge is 0.285 e. The predicted molar refractivity (Wildman–Crippen MR) is 112 cm³/mol. The highest BCUT2D eigenvalue weighted by atomic mass is 35.5. The van der Waals surface area contributed by atoms with Crippen molar-refractivity contribution in [3.05, 3.63) is 40.4 Å². The van der Waals surface area contributed by atoms with Crippen LogP contribution in [0.5, 0.6) is 0 Å². The molecule has 9 heteroatoms. The second-order valence-electron chi connectivity index (χ2n) is 7.62. The van der Waals surface area contributed by atoms with Gasteiger partial charge < -0.3 is 15.0 Å². The Bertz CT molecular complexity index is 958. The van der Waals surface area contributed by atoms with Gasteiger partial charge in [-0.25, -0.2) is 0 Å². The molecule has 2 saturated heterocycles. The molecule has 0 aliphatic carbocycles. The van der Waals surface area contributed by atoms with E-state index in [1.54, 1.807) is 31.2 Å². The average Bonchev–Trinajstić information content (AvgIpc) is 3.30. The van der Waals surface area contributed by atoms with E-state index in [1.165, 1.54) is 0 Å². The highest BCUT2D eigenvalue weighted by Gasteiger charge is 2.35. The second-order valence-corrected chi connectivity index (χ2v) is 9.60. The van der Waals surface area contributed by atoms with Crippen molar-refractivity contribution in [1.82, 2.24) is 10.2 Å². The summed E-state index contributed by atoms with van der Waals surface area (Å²) in [4.78, 5) is 14.5. The van der Waals surface area contributed by atoms with Crippen LogP contribution in [0.2, 0.25) is 5.02 Å². The number of carbonyl (C=O) groups excluding carboxylic acids is 1. The van der Waals surface area contributed by atoms with Gasteiger partial charge in [-0.2, -0.15) is 8.42 Å². The molecule has 29 heavy (non-hydrogen) atoms. The molecule has 7 nitrogen and oxygen atoms in total. The fourth-order valence-electron chi connectivity index (χ4n) is 4.10. The van der Waals surface area contributed by atoms with Gasteiger partial charge in [0, 0.05) is 36.3 Å². The molecule has 0 radical (unpaired) electrons. The lowest BCUT2D eigenvalue weighted by Gasteiger charge is -2.34. The first-order valence-electron chi connectivity index (χ1n) is 9.84. The van der Waals surface area contributed by atoms with Gasteiger partial charge in [0.15, 0.2) is 0 Å². The number of piperidine rings is 1. The third-order valence-corrected chi connectivity index (χ3v) is 7.33. The number of hydrogen-bond acceptors (Lipinski definition) is 5. The number of amides is 1. The SMILES string of the molecule is CC1=C(c2ccc(Cl)cc2)S(=O)(=O)N=C1N1CCC(NC(=O)C2CCCO2)CC1. The summed E-state index contributed by atoms with van der Waals surface area (Å²) in [7, 11) is -3.75. The van der Waals surface area contributed by atoms with Crippen molar-refractivity contribution >= 4 is 38.3 Å². The molecular formula is C20H24ClN3O4S. The van der Waals surface area contributed by atoms with E-state index in [0.717, 1.165) is 25.7 Å². The van der Waals surface area contributed by atoms with Gasteiger partial charge in [0.05, 0.1) is 0 Å². The molecule has 0 saturated carbocycles. The van der Waals surface area contributed by atoms with E-state index in [4.69, 9.17) is 16.3 Å². The zero-order valence-electron chi connectivity index (χ0n) is 16.2. The quantitative estimate of drug-likeness (QED) is 0.785. The van der Waals surface area contributed by atoms with Gasteiger partial charge in [0.2, 0.25) is 5.91 Å². The molecule has 1 N–H and O–H groups in total. The number of amidine groups is 1. The van der Waals surface area contributed by atoms with Crippen LogP contribution in [0.25, 0.3) is 4.91 Å². The minimum Gasteiger partial charge on any atom is -0.368 e. The summed E-state index contributed by atoms with van der Waals surface area (Å²) in [5.41, 5.74) is 1.23. The number of sulfonamides is 1. The second kappa shape index (κ2) is 8.08. The molecule has 1 unspecified atom stereocenters. The highest BCUT2D eigenvalue weighted by Crippen LogP contribution is 2.34. The lowest BCUT2D eigenvalue weighted by Crippen LogP contribution is -2.48.